The molecule has 2 aromatic rings. The summed E-state index contributed by atoms with van der Waals surface area (Å²) in [5.41, 5.74) is 0.677. The van der Waals surface area contributed by atoms with Crippen LogP contribution in [-0.4, -0.2) is 31.3 Å². The Morgan fingerprint density at radius 1 is 1.33 bits per heavy atom. The average molecular weight is 246 g/mol. The number of aromatic nitrogens is 5. The molecule has 6 nitrogen and oxygen atoms in total. The van der Waals surface area contributed by atoms with E-state index in [0.717, 1.165) is 11.7 Å². The predicted molar refractivity (Wildman–Crippen MR) is 68.2 cm³/mol. The second-order valence-electron chi connectivity index (χ2n) is 4.95. The van der Waals surface area contributed by atoms with Crippen molar-refractivity contribution < 1.29 is 0 Å². The number of hydrogen-bond acceptors (Lipinski definition) is 5. The SMILES string of the molecule is CC[C@H]1CCCC[C@@H]1Nc1ccc2nnnn2n1. The van der Waals surface area contributed by atoms with Crippen molar-refractivity contribution in [1.82, 2.24) is 25.3 Å². The molecule has 1 aliphatic carbocycles. The van der Waals surface area contributed by atoms with Crippen LogP contribution in [0, 0.1) is 5.92 Å². The predicted octanol–water partition coefficient (Wildman–Crippen LogP) is 1.90. The van der Waals surface area contributed by atoms with E-state index in [1.807, 2.05) is 12.1 Å². The molecule has 0 spiro atoms. The first kappa shape index (κ1) is 11.4. The smallest absolute Gasteiger partial charge is 0.200 e. The molecule has 2 aromatic heterocycles. The molecule has 0 bridgehead atoms. The van der Waals surface area contributed by atoms with Crippen molar-refractivity contribution in [2.75, 3.05) is 5.32 Å². The minimum absolute atomic E-state index is 0.533. The Balaban J connectivity index is 1.77. The van der Waals surface area contributed by atoms with Crippen LogP contribution >= 0.6 is 0 Å². The number of fused-ring (bicyclic) bond motifs is 1. The van der Waals surface area contributed by atoms with Crippen LogP contribution < -0.4 is 5.32 Å². The van der Waals surface area contributed by atoms with Gasteiger partial charge >= 0.3 is 0 Å². The third-order valence-electron chi connectivity index (χ3n) is 3.84. The van der Waals surface area contributed by atoms with E-state index in [4.69, 9.17) is 0 Å². The summed E-state index contributed by atoms with van der Waals surface area (Å²) in [5, 5.41) is 19.2. The summed E-state index contributed by atoms with van der Waals surface area (Å²) in [6.07, 6.45) is 6.44. The zero-order chi connectivity index (χ0) is 12.4. The number of nitrogens with one attached hydrogen (secondary N) is 1. The second kappa shape index (κ2) is 4.88. The zero-order valence-electron chi connectivity index (χ0n) is 10.6. The summed E-state index contributed by atoms with van der Waals surface area (Å²) in [6.45, 7) is 2.27. The highest BCUT2D eigenvalue weighted by Gasteiger charge is 2.23. The fraction of sp³-hybridized carbons (Fsp3) is 0.667. The fourth-order valence-electron chi connectivity index (χ4n) is 2.80. The molecule has 0 amide bonds. The van der Waals surface area contributed by atoms with E-state index >= 15 is 0 Å². The molecular weight excluding hydrogens is 228 g/mol. The van der Waals surface area contributed by atoms with E-state index in [-0.39, 0.29) is 0 Å². The van der Waals surface area contributed by atoms with Gasteiger partial charge in [-0.05, 0) is 41.3 Å². The van der Waals surface area contributed by atoms with Crippen molar-refractivity contribution >= 4 is 11.5 Å². The number of anilines is 1. The van der Waals surface area contributed by atoms with Crippen molar-refractivity contribution in [3.8, 4) is 0 Å². The summed E-state index contributed by atoms with van der Waals surface area (Å²) in [5.74, 6) is 1.62. The summed E-state index contributed by atoms with van der Waals surface area (Å²) < 4.78 is 1.46. The standard InChI is InChI=1S/C12H18N6/c1-2-9-5-3-4-6-10(9)13-11-7-8-12-14-16-17-18(12)15-11/h7-10H,2-6H2,1H3,(H,13,15)/t9-,10-/m0/s1. The van der Waals surface area contributed by atoms with Gasteiger partial charge in [-0.25, -0.2) is 0 Å². The van der Waals surface area contributed by atoms with E-state index in [9.17, 15) is 0 Å². The summed E-state index contributed by atoms with van der Waals surface area (Å²) in [7, 11) is 0. The van der Waals surface area contributed by atoms with Crippen molar-refractivity contribution in [3.63, 3.8) is 0 Å². The minimum atomic E-state index is 0.533. The zero-order valence-corrected chi connectivity index (χ0v) is 10.6. The molecule has 2 atom stereocenters. The highest BCUT2D eigenvalue weighted by Crippen LogP contribution is 2.28. The fourth-order valence-corrected chi connectivity index (χ4v) is 2.80. The van der Waals surface area contributed by atoms with Gasteiger partial charge in [-0.1, -0.05) is 26.2 Å². The molecule has 3 rings (SSSR count). The monoisotopic (exact) mass is 246 g/mol. The minimum Gasteiger partial charge on any atom is -0.366 e. The molecule has 1 N–H and O–H groups in total. The van der Waals surface area contributed by atoms with Crippen LogP contribution in [0.25, 0.3) is 5.65 Å². The third kappa shape index (κ3) is 2.14. The molecule has 1 saturated carbocycles. The number of nitrogens with zero attached hydrogens (tertiary/aromatic N) is 5. The number of tetrazole rings is 1. The summed E-state index contributed by atoms with van der Waals surface area (Å²) in [6, 6.07) is 4.37. The van der Waals surface area contributed by atoms with E-state index in [1.54, 1.807) is 0 Å². The van der Waals surface area contributed by atoms with Gasteiger partial charge in [0.2, 0.25) is 0 Å². The largest absolute Gasteiger partial charge is 0.366 e. The molecule has 1 aliphatic rings. The third-order valence-corrected chi connectivity index (χ3v) is 3.84. The van der Waals surface area contributed by atoms with Gasteiger partial charge in [-0.15, -0.1) is 14.8 Å². The van der Waals surface area contributed by atoms with Gasteiger partial charge in [0, 0.05) is 6.04 Å². The normalized spacial score (nSPS) is 24.3. The maximum atomic E-state index is 4.37. The topological polar surface area (TPSA) is 68.0 Å². The first-order chi connectivity index (χ1) is 8.86. The van der Waals surface area contributed by atoms with E-state index in [0.29, 0.717) is 11.7 Å². The highest BCUT2D eigenvalue weighted by molar-refractivity contribution is 5.42. The Morgan fingerprint density at radius 3 is 3.11 bits per heavy atom. The van der Waals surface area contributed by atoms with Crippen LogP contribution in [0.4, 0.5) is 5.82 Å². The van der Waals surface area contributed by atoms with Gasteiger partial charge in [0.15, 0.2) is 5.65 Å². The molecule has 6 heteroatoms. The highest BCUT2D eigenvalue weighted by atomic mass is 15.6. The van der Waals surface area contributed by atoms with Crippen LogP contribution in [0.1, 0.15) is 39.0 Å². The lowest BCUT2D eigenvalue weighted by Crippen LogP contribution is -2.32. The van der Waals surface area contributed by atoms with Gasteiger partial charge in [0.25, 0.3) is 0 Å². The Labute approximate surface area is 106 Å². The molecule has 2 heterocycles. The van der Waals surface area contributed by atoms with Crippen molar-refractivity contribution in [1.29, 1.82) is 0 Å². The van der Waals surface area contributed by atoms with Crippen molar-refractivity contribution in [3.05, 3.63) is 12.1 Å². The first-order valence-electron chi connectivity index (χ1n) is 6.69. The lowest BCUT2D eigenvalue weighted by molar-refractivity contribution is 0.316. The van der Waals surface area contributed by atoms with E-state index in [1.165, 1.54) is 36.7 Å². The molecule has 0 aromatic carbocycles. The van der Waals surface area contributed by atoms with Crippen LogP contribution in [0.15, 0.2) is 12.1 Å². The van der Waals surface area contributed by atoms with Crippen LogP contribution in [0.5, 0.6) is 0 Å². The number of hydrogen-bond donors (Lipinski definition) is 1. The Kier molecular flexibility index (Phi) is 3.08. The molecular formula is C12H18N6. The van der Waals surface area contributed by atoms with Gasteiger partial charge in [-0.2, -0.15) is 0 Å². The molecule has 1 fully saturated rings. The molecule has 0 unspecified atom stereocenters. The lowest BCUT2D eigenvalue weighted by Gasteiger charge is -2.31. The van der Waals surface area contributed by atoms with Gasteiger partial charge in [0.05, 0.1) is 0 Å². The van der Waals surface area contributed by atoms with Gasteiger partial charge < -0.3 is 5.32 Å². The van der Waals surface area contributed by atoms with Gasteiger partial charge in [-0.3, -0.25) is 0 Å². The Bertz CT molecular complexity index is 522. The molecule has 18 heavy (non-hydrogen) atoms. The average Bonchev–Trinajstić information content (AvgIpc) is 2.87. The Morgan fingerprint density at radius 2 is 2.22 bits per heavy atom. The van der Waals surface area contributed by atoms with E-state index < -0.39 is 0 Å². The van der Waals surface area contributed by atoms with E-state index in [2.05, 4.69) is 32.9 Å². The van der Waals surface area contributed by atoms with Crippen molar-refractivity contribution in [2.24, 2.45) is 5.92 Å². The first-order valence-corrected chi connectivity index (χ1v) is 6.69. The number of rotatable bonds is 3. The summed E-state index contributed by atoms with van der Waals surface area (Å²) in [4.78, 5) is 0. The molecule has 0 aliphatic heterocycles. The maximum absolute atomic E-state index is 4.37. The molecule has 96 valence electrons. The maximum Gasteiger partial charge on any atom is 0.200 e. The molecule has 0 saturated heterocycles. The van der Waals surface area contributed by atoms with Crippen LogP contribution in [0.3, 0.4) is 0 Å². The quantitative estimate of drug-likeness (QED) is 0.895. The molecule has 0 radical (unpaired) electrons. The van der Waals surface area contributed by atoms with Crippen LogP contribution in [0.2, 0.25) is 0 Å². The second-order valence-corrected chi connectivity index (χ2v) is 4.95. The summed E-state index contributed by atoms with van der Waals surface area (Å²) >= 11 is 0. The Hall–Kier alpha value is -1.72. The lowest BCUT2D eigenvalue weighted by atomic mass is 9.83. The van der Waals surface area contributed by atoms with Gasteiger partial charge in [0.1, 0.15) is 5.82 Å². The van der Waals surface area contributed by atoms with Crippen LogP contribution in [-0.2, 0) is 0 Å². The van der Waals surface area contributed by atoms with Crippen molar-refractivity contribution in [2.45, 2.75) is 45.1 Å².